The van der Waals surface area contributed by atoms with E-state index in [1.54, 1.807) is 0 Å². The van der Waals surface area contributed by atoms with Gasteiger partial charge in [0.25, 0.3) is 5.91 Å². The lowest BCUT2D eigenvalue weighted by Crippen LogP contribution is -2.22. The first-order valence-corrected chi connectivity index (χ1v) is 10.9. The van der Waals surface area contributed by atoms with Crippen molar-refractivity contribution in [3.8, 4) is 11.1 Å². The topological polar surface area (TPSA) is 32.3 Å². The Balaban J connectivity index is 1.70. The van der Waals surface area contributed by atoms with E-state index in [0.29, 0.717) is 10.6 Å². The normalized spacial score (nSPS) is 13.5. The van der Waals surface area contributed by atoms with Gasteiger partial charge in [0.1, 0.15) is 0 Å². The van der Waals surface area contributed by atoms with Crippen LogP contribution >= 0.6 is 11.6 Å². The quantitative estimate of drug-likeness (QED) is 0.506. The summed E-state index contributed by atoms with van der Waals surface area (Å²) in [5, 5.41) is 3.90. The highest BCUT2D eigenvalue weighted by molar-refractivity contribution is 6.30. The highest BCUT2D eigenvalue weighted by Gasteiger charge is 2.21. The van der Waals surface area contributed by atoms with Crippen LogP contribution in [0.25, 0.3) is 11.1 Å². The fraction of sp³-hybridized carbons (Fsp3) is 0.269. The summed E-state index contributed by atoms with van der Waals surface area (Å²) in [7, 11) is 0. The molecule has 1 saturated heterocycles. The minimum Gasteiger partial charge on any atom is -0.371 e. The number of amides is 1. The third-order valence-corrected chi connectivity index (χ3v) is 6.17. The summed E-state index contributed by atoms with van der Waals surface area (Å²) in [5.41, 5.74) is 8.21. The van der Waals surface area contributed by atoms with E-state index in [4.69, 9.17) is 11.6 Å². The summed E-state index contributed by atoms with van der Waals surface area (Å²) >= 11 is 6.04. The van der Waals surface area contributed by atoms with E-state index >= 15 is 0 Å². The van der Waals surface area contributed by atoms with Gasteiger partial charge in [0.05, 0.1) is 0 Å². The smallest absolute Gasteiger partial charge is 0.256 e. The lowest BCUT2D eigenvalue weighted by Gasteiger charge is -2.26. The third kappa shape index (κ3) is 3.95. The number of anilines is 2. The van der Waals surface area contributed by atoms with Gasteiger partial charge in [0, 0.05) is 35.1 Å². The lowest BCUT2D eigenvalue weighted by atomic mass is 9.98. The van der Waals surface area contributed by atoms with E-state index in [9.17, 15) is 4.79 Å². The van der Waals surface area contributed by atoms with Gasteiger partial charge >= 0.3 is 0 Å². The van der Waals surface area contributed by atoms with Crippen LogP contribution in [0.3, 0.4) is 0 Å². The molecule has 1 aliphatic heterocycles. The molecule has 1 fully saturated rings. The second-order valence-corrected chi connectivity index (χ2v) is 8.50. The second-order valence-electron chi connectivity index (χ2n) is 8.06. The molecule has 1 heterocycles. The van der Waals surface area contributed by atoms with Crippen molar-refractivity contribution in [3.05, 3.63) is 81.9 Å². The summed E-state index contributed by atoms with van der Waals surface area (Å²) in [5.74, 6) is -0.0945. The van der Waals surface area contributed by atoms with Gasteiger partial charge in [-0.2, -0.15) is 0 Å². The van der Waals surface area contributed by atoms with Crippen LogP contribution in [-0.2, 0) is 0 Å². The van der Waals surface area contributed by atoms with Crippen molar-refractivity contribution in [2.24, 2.45) is 0 Å². The average Bonchev–Trinajstić information content (AvgIpc) is 3.26. The SMILES string of the molecule is Cc1cc(C)c(N2CCCC2)c(C)c1NC(=O)c1ccccc1-c1ccc(Cl)cc1. The standard InChI is InChI=1S/C26H27ClN2O/c1-17-16-18(2)25(29-14-6-7-15-29)19(3)24(17)28-26(30)23-9-5-4-8-22(23)20-10-12-21(27)13-11-20/h4-5,8-13,16H,6-7,14-15H2,1-3H3,(H,28,30). The molecule has 3 aromatic rings. The molecular weight excluding hydrogens is 392 g/mol. The molecule has 0 radical (unpaired) electrons. The van der Waals surface area contributed by atoms with Crippen molar-refractivity contribution in [1.29, 1.82) is 0 Å². The van der Waals surface area contributed by atoms with E-state index in [-0.39, 0.29) is 5.91 Å². The molecule has 1 aliphatic rings. The molecule has 4 heteroatoms. The van der Waals surface area contributed by atoms with Crippen LogP contribution in [0.5, 0.6) is 0 Å². The van der Waals surface area contributed by atoms with Crippen LogP contribution in [0.2, 0.25) is 5.02 Å². The number of carbonyl (C=O) groups is 1. The molecule has 30 heavy (non-hydrogen) atoms. The molecule has 0 aliphatic carbocycles. The van der Waals surface area contributed by atoms with Gasteiger partial charge in [-0.3, -0.25) is 4.79 Å². The Kier molecular flexibility index (Phi) is 5.83. The van der Waals surface area contributed by atoms with Gasteiger partial charge in [-0.1, -0.05) is 48.0 Å². The third-order valence-electron chi connectivity index (χ3n) is 5.92. The summed E-state index contributed by atoms with van der Waals surface area (Å²) < 4.78 is 0. The molecular formula is C26H27ClN2O. The van der Waals surface area contributed by atoms with Gasteiger partial charge in [-0.05, 0) is 79.6 Å². The van der Waals surface area contributed by atoms with Crippen LogP contribution < -0.4 is 10.2 Å². The highest BCUT2D eigenvalue weighted by atomic mass is 35.5. The molecule has 1 N–H and O–H groups in total. The first-order chi connectivity index (χ1) is 14.5. The Hall–Kier alpha value is -2.78. The molecule has 1 amide bonds. The van der Waals surface area contributed by atoms with Crippen LogP contribution in [0.15, 0.2) is 54.6 Å². The van der Waals surface area contributed by atoms with E-state index in [2.05, 4.69) is 37.1 Å². The number of hydrogen-bond acceptors (Lipinski definition) is 2. The molecule has 3 aromatic carbocycles. The Labute approximate surface area is 183 Å². The Morgan fingerprint density at radius 2 is 1.60 bits per heavy atom. The molecule has 3 nitrogen and oxygen atoms in total. The zero-order valence-electron chi connectivity index (χ0n) is 17.8. The van der Waals surface area contributed by atoms with Crippen molar-refractivity contribution >= 4 is 28.9 Å². The van der Waals surface area contributed by atoms with Crippen molar-refractivity contribution in [2.75, 3.05) is 23.3 Å². The monoisotopic (exact) mass is 418 g/mol. The molecule has 4 rings (SSSR count). The van der Waals surface area contributed by atoms with Crippen molar-refractivity contribution in [1.82, 2.24) is 0 Å². The van der Waals surface area contributed by atoms with E-state index < -0.39 is 0 Å². The van der Waals surface area contributed by atoms with Crippen LogP contribution in [0.1, 0.15) is 39.9 Å². The molecule has 0 atom stereocenters. The first kappa shape index (κ1) is 20.5. The molecule has 154 valence electrons. The lowest BCUT2D eigenvalue weighted by molar-refractivity contribution is 0.102. The number of aryl methyl sites for hydroxylation is 2. The first-order valence-electron chi connectivity index (χ1n) is 10.5. The van der Waals surface area contributed by atoms with Gasteiger partial charge in [-0.25, -0.2) is 0 Å². The van der Waals surface area contributed by atoms with Gasteiger partial charge in [0.15, 0.2) is 0 Å². The maximum atomic E-state index is 13.3. The number of benzene rings is 3. The number of rotatable bonds is 4. The van der Waals surface area contributed by atoms with Crippen LogP contribution in [0, 0.1) is 20.8 Å². The predicted octanol–water partition coefficient (Wildman–Crippen LogP) is 6.78. The molecule has 0 unspecified atom stereocenters. The predicted molar refractivity (Wildman–Crippen MR) is 127 cm³/mol. The Morgan fingerprint density at radius 1 is 0.933 bits per heavy atom. The van der Waals surface area contributed by atoms with Gasteiger partial charge < -0.3 is 10.2 Å². The molecule has 0 saturated carbocycles. The Bertz CT molecular complexity index is 1080. The molecule has 0 bridgehead atoms. The maximum Gasteiger partial charge on any atom is 0.256 e. The maximum absolute atomic E-state index is 13.3. The van der Waals surface area contributed by atoms with E-state index in [1.165, 1.54) is 24.1 Å². The van der Waals surface area contributed by atoms with Crippen molar-refractivity contribution in [3.63, 3.8) is 0 Å². The average molecular weight is 419 g/mol. The van der Waals surface area contributed by atoms with Gasteiger partial charge in [-0.15, -0.1) is 0 Å². The van der Waals surface area contributed by atoms with E-state index in [0.717, 1.165) is 41.0 Å². The number of nitrogens with one attached hydrogen (secondary N) is 1. The Morgan fingerprint density at radius 3 is 2.30 bits per heavy atom. The minimum absolute atomic E-state index is 0.0945. The number of halogens is 1. The fourth-order valence-electron chi connectivity index (χ4n) is 4.54. The number of nitrogens with zero attached hydrogens (tertiary/aromatic N) is 1. The number of carbonyl (C=O) groups excluding carboxylic acids is 1. The zero-order valence-corrected chi connectivity index (χ0v) is 18.5. The summed E-state index contributed by atoms with van der Waals surface area (Å²) in [6.45, 7) is 8.51. The summed E-state index contributed by atoms with van der Waals surface area (Å²) in [6, 6.07) is 17.5. The summed E-state index contributed by atoms with van der Waals surface area (Å²) in [4.78, 5) is 15.8. The van der Waals surface area contributed by atoms with Gasteiger partial charge in [0.2, 0.25) is 0 Å². The largest absolute Gasteiger partial charge is 0.371 e. The van der Waals surface area contributed by atoms with Crippen molar-refractivity contribution in [2.45, 2.75) is 33.6 Å². The van der Waals surface area contributed by atoms with Crippen LogP contribution in [-0.4, -0.2) is 19.0 Å². The fourth-order valence-corrected chi connectivity index (χ4v) is 4.66. The number of hydrogen-bond donors (Lipinski definition) is 1. The second kappa shape index (κ2) is 8.53. The zero-order chi connectivity index (χ0) is 21.3. The van der Waals surface area contributed by atoms with Crippen LogP contribution in [0.4, 0.5) is 11.4 Å². The van der Waals surface area contributed by atoms with E-state index in [1.807, 2.05) is 48.5 Å². The minimum atomic E-state index is -0.0945. The highest BCUT2D eigenvalue weighted by Crippen LogP contribution is 2.36. The summed E-state index contributed by atoms with van der Waals surface area (Å²) in [6.07, 6.45) is 2.45. The molecule has 0 aromatic heterocycles. The van der Waals surface area contributed by atoms with Crippen molar-refractivity contribution < 1.29 is 4.79 Å². The molecule has 0 spiro atoms.